The van der Waals surface area contributed by atoms with Gasteiger partial charge in [-0.15, -0.1) is 0 Å². The fourth-order valence-corrected chi connectivity index (χ4v) is 4.91. The summed E-state index contributed by atoms with van der Waals surface area (Å²) in [6.45, 7) is 4.21. The van der Waals surface area contributed by atoms with E-state index in [2.05, 4.69) is 38.8 Å². The molecule has 3 rings (SSSR count). The molecule has 0 spiro atoms. The number of hydrogen-bond donors (Lipinski definition) is 1. The van der Waals surface area contributed by atoms with Crippen LogP contribution < -0.4 is 9.62 Å². The van der Waals surface area contributed by atoms with Crippen LogP contribution in [0.25, 0.3) is 0 Å². The predicted octanol–water partition coefficient (Wildman–Crippen LogP) is 3.18. The molecule has 6 heteroatoms. The molecule has 5 nitrogen and oxygen atoms in total. The number of hydrogen-bond acceptors (Lipinski definition) is 4. The molecule has 1 heterocycles. The lowest BCUT2D eigenvalue weighted by molar-refractivity contribution is 0.246. The molecule has 146 valence electrons. The Morgan fingerprint density at radius 1 is 1.04 bits per heavy atom. The second-order valence-electron chi connectivity index (χ2n) is 7.36. The molecular formula is C21H29N3O2S. The van der Waals surface area contributed by atoms with Crippen molar-refractivity contribution in [1.82, 2.24) is 9.62 Å². The van der Waals surface area contributed by atoms with Crippen LogP contribution in [-0.4, -0.2) is 47.0 Å². The second kappa shape index (κ2) is 8.42. The molecule has 1 N–H and O–H groups in total. The average Bonchev–Trinajstić information content (AvgIpc) is 3.17. The fourth-order valence-electron chi connectivity index (χ4n) is 3.63. The average molecular weight is 388 g/mol. The lowest BCUT2D eigenvalue weighted by Gasteiger charge is -2.28. The van der Waals surface area contributed by atoms with Crippen LogP contribution >= 0.6 is 0 Å². The van der Waals surface area contributed by atoms with Gasteiger partial charge in [-0.1, -0.05) is 30.3 Å². The van der Waals surface area contributed by atoms with Crippen LogP contribution in [0.15, 0.2) is 53.4 Å². The predicted molar refractivity (Wildman–Crippen MR) is 111 cm³/mol. The van der Waals surface area contributed by atoms with E-state index in [1.807, 2.05) is 33.2 Å². The maximum atomic E-state index is 12.8. The first kappa shape index (κ1) is 19.9. The Kier molecular flexibility index (Phi) is 6.19. The van der Waals surface area contributed by atoms with Gasteiger partial charge in [0, 0.05) is 32.4 Å². The van der Waals surface area contributed by atoms with E-state index in [9.17, 15) is 8.42 Å². The maximum absolute atomic E-state index is 12.8. The number of nitrogens with zero attached hydrogens (tertiary/aromatic N) is 2. The van der Waals surface area contributed by atoms with Gasteiger partial charge in [-0.2, -0.15) is 0 Å². The van der Waals surface area contributed by atoms with E-state index in [-0.39, 0.29) is 6.04 Å². The molecule has 2 aromatic rings. The van der Waals surface area contributed by atoms with Crippen molar-refractivity contribution in [2.24, 2.45) is 0 Å². The first-order chi connectivity index (χ1) is 12.9. The van der Waals surface area contributed by atoms with Crippen molar-refractivity contribution in [2.75, 3.05) is 38.6 Å². The highest BCUT2D eigenvalue weighted by Crippen LogP contribution is 2.27. The summed E-state index contributed by atoms with van der Waals surface area (Å²) in [6, 6.07) is 15.6. The molecule has 1 fully saturated rings. The minimum absolute atomic E-state index is 0.0440. The van der Waals surface area contributed by atoms with Gasteiger partial charge in [0.1, 0.15) is 0 Å². The third-order valence-electron chi connectivity index (χ3n) is 5.23. The van der Waals surface area contributed by atoms with Gasteiger partial charge < -0.3 is 4.90 Å². The summed E-state index contributed by atoms with van der Waals surface area (Å²) in [7, 11) is 0.504. The third-order valence-corrected chi connectivity index (χ3v) is 6.81. The molecule has 0 amide bonds. The minimum Gasteiger partial charge on any atom is -0.378 e. The molecule has 0 bridgehead atoms. The maximum Gasteiger partial charge on any atom is 0.240 e. The molecule has 0 radical (unpaired) electrons. The highest BCUT2D eigenvalue weighted by Gasteiger charge is 2.26. The number of likely N-dealkylation sites (tertiary alicyclic amines) is 1. The lowest BCUT2D eigenvalue weighted by atomic mass is 10.1. The first-order valence-corrected chi connectivity index (χ1v) is 10.9. The van der Waals surface area contributed by atoms with Gasteiger partial charge in [-0.05, 0) is 62.2 Å². The van der Waals surface area contributed by atoms with E-state index in [0.717, 1.165) is 42.7 Å². The standard InChI is InChI=1S/C21H29N3O2S/c1-17-8-4-5-9-21(17)27(25,26)22-16-20(24-14-6-7-15-24)18-10-12-19(13-11-18)23(2)3/h4-5,8-13,20,22H,6-7,14-16H2,1-3H3/t20-/m0/s1. The van der Waals surface area contributed by atoms with Crippen molar-refractivity contribution < 1.29 is 8.42 Å². The van der Waals surface area contributed by atoms with E-state index in [4.69, 9.17) is 0 Å². The van der Waals surface area contributed by atoms with Crippen LogP contribution in [0.1, 0.15) is 30.0 Å². The molecule has 1 saturated heterocycles. The largest absolute Gasteiger partial charge is 0.378 e. The van der Waals surface area contributed by atoms with Crippen molar-refractivity contribution in [2.45, 2.75) is 30.7 Å². The molecule has 0 aromatic heterocycles. The lowest BCUT2D eigenvalue weighted by Crippen LogP contribution is -2.37. The number of rotatable bonds is 7. The van der Waals surface area contributed by atoms with E-state index in [1.165, 1.54) is 0 Å². The number of benzene rings is 2. The fraction of sp³-hybridized carbons (Fsp3) is 0.429. The van der Waals surface area contributed by atoms with Crippen molar-refractivity contribution in [1.29, 1.82) is 0 Å². The third kappa shape index (κ3) is 4.69. The monoisotopic (exact) mass is 387 g/mol. The zero-order valence-corrected chi connectivity index (χ0v) is 17.2. The van der Waals surface area contributed by atoms with Crippen molar-refractivity contribution >= 4 is 15.7 Å². The van der Waals surface area contributed by atoms with Crippen molar-refractivity contribution in [3.8, 4) is 0 Å². The van der Waals surface area contributed by atoms with Crippen LogP contribution in [0, 0.1) is 6.92 Å². The van der Waals surface area contributed by atoms with Crippen LogP contribution in [-0.2, 0) is 10.0 Å². The molecule has 0 aliphatic carbocycles. The zero-order valence-electron chi connectivity index (χ0n) is 16.4. The summed E-state index contributed by atoms with van der Waals surface area (Å²) in [4.78, 5) is 4.80. The minimum atomic E-state index is -3.53. The Balaban J connectivity index is 1.81. The summed E-state index contributed by atoms with van der Waals surface area (Å²) >= 11 is 0. The zero-order chi connectivity index (χ0) is 19.4. The van der Waals surface area contributed by atoms with Crippen LogP contribution in [0.4, 0.5) is 5.69 Å². The Labute approximate surface area is 163 Å². The molecule has 0 saturated carbocycles. The van der Waals surface area contributed by atoms with Crippen molar-refractivity contribution in [3.63, 3.8) is 0 Å². The van der Waals surface area contributed by atoms with Crippen LogP contribution in [0.2, 0.25) is 0 Å². The number of sulfonamides is 1. The van der Waals surface area contributed by atoms with Gasteiger partial charge in [0.25, 0.3) is 0 Å². The van der Waals surface area contributed by atoms with E-state index in [0.29, 0.717) is 11.4 Å². The molecule has 1 atom stereocenters. The normalized spacial score (nSPS) is 16.4. The number of aryl methyl sites for hydroxylation is 1. The molecule has 0 unspecified atom stereocenters. The Bertz CT molecular complexity index is 857. The van der Waals surface area contributed by atoms with E-state index < -0.39 is 10.0 Å². The topological polar surface area (TPSA) is 52.7 Å². The molecule has 2 aromatic carbocycles. The van der Waals surface area contributed by atoms with E-state index in [1.54, 1.807) is 12.1 Å². The summed E-state index contributed by atoms with van der Waals surface area (Å²) in [6.07, 6.45) is 2.33. The van der Waals surface area contributed by atoms with Crippen LogP contribution in [0.3, 0.4) is 0 Å². The van der Waals surface area contributed by atoms with Gasteiger partial charge in [0.2, 0.25) is 10.0 Å². The van der Waals surface area contributed by atoms with Gasteiger partial charge in [0.05, 0.1) is 4.90 Å². The Morgan fingerprint density at radius 2 is 1.67 bits per heavy atom. The SMILES string of the molecule is Cc1ccccc1S(=O)(=O)NC[C@@H](c1ccc(N(C)C)cc1)N1CCCC1. The summed E-state index contributed by atoms with van der Waals surface area (Å²) in [5.41, 5.74) is 3.05. The van der Waals surface area contributed by atoms with Gasteiger partial charge in [-0.3, -0.25) is 4.90 Å². The summed E-state index contributed by atoms with van der Waals surface area (Å²) in [5, 5.41) is 0. The molecule has 27 heavy (non-hydrogen) atoms. The molecular weight excluding hydrogens is 358 g/mol. The number of anilines is 1. The second-order valence-corrected chi connectivity index (χ2v) is 9.10. The summed E-state index contributed by atoms with van der Waals surface area (Å²) in [5.74, 6) is 0. The molecule has 1 aliphatic rings. The van der Waals surface area contributed by atoms with Crippen molar-refractivity contribution in [3.05, 3.63) is 59.7 Å². The highest BCUT2D eigenvalue weighted by atomic mass is 32.2. The highest BCUT2D eigenvalue weighted by molar-refractivity contribution is 7.89. The Hall–Kier alpha value is -1.89. The van der Waals surface area contributed by atoms with Crippen LogP contribution in [0.5, 0.6) is 0 Å². The number of nitrogens with one attached hydrogen (secondary N) is 1. The smallest absolute Gasteiger partial charge is 0.240 e. The summed E-state index contributed by atoms with van der Waals surface area (Å²) < 4.78 is 28.5. The van der Waals surface area contributed by atoms with Gasteiger partial charge in [-0.25, -0.2) is 13.1 Å². The van der Waals surface area contributed by atoms with Gasteiger partial charge in [0.15, 0.2) is 0 Å². The van der Waals surface area contributed by atoms with Gasteiger partial charge >= 0.3 is 0 Å². The molecule has 1 aliphatic heterocycles. The Morgan fingerprint density at radius 3 is 2.26 bits per heavy atom. The first-order valence-electron chi connectivity index (χ1n) is 9.45. The van der Waals surface area contributed by atoms with E-state index >= 15 is 0 Å². The quantitative estimate of drug-likeness (QED) is 0.793.